The minimum atomic E-state index is -3.73. The molecule has 0 aliphatic rings. The van der Waals surface area contributed by atoms with E-state index in [0.717, 1.165) is 0 Å². The first-order chi connectivity index (χ1) is 7.36. The summed E-state index contributed by atoms with van der Waals surface area (Å²) in [6.45, 7) is 1.55. The van der Waals surface area contributed by atoms with Gasteiger partial charge in [0.2, 0.25) is 10.0 Å². The van der Waals surface area contributed by atoms with Crippen LogP contribution in [0, 0.1) is 12.3 Å². The molecule has 0 saturated carbocycles. The summed E-state index contributed by atoms with van der Waals surface area (Å²) < 4.78 is 25.9. The normalized spacial score (nSPS) is 13.1. The maximum absolute atomic E-state index is 11.8. The van der Waals surface area contributed by atoms with Crippen LogP contribution in [0.15, 0.2) is 23.1 Å². The van der Waals surface area contributed by atoms with E-state index in [9.17, 15) is 8.42 Å². The zero-order chi connectivity index (χ0) is 12.3. The van der Waals surface area contributed by atoms with Crippen LogP contribution in [-0.4, -0.2) is 14.5 Å². The molecule has 1 aromatic rings. The molecule has 86 valence electrons. The van der Waals surface area contributed by atoms with Crippen molar-refractivity contribution in [2.24, 2.45) is 0 Å². The van der Waals surface area contributed by atoms with E-state index in [4.69, 9.17) is 23.8 Å². The van der Waals surface area contributed by atoms with Crippen molar-refractivity contribution in [3.63, 3.8) is 0 Å². The third-order valence-electron chi connectivity index (χ3n) is 1.83. The van der Waals surface area contributed by atoms with Crippen LogP contribution in [0.2, 0.25) is 5.02 Å². The van der Waals surface area contributed by atoms with E-state index in [1.54, 1.807) is 6.92 Å². The summed E-state index contributed by atoms with van der Waals surface area (Å²) in [7, 11) is -3.73. The average Bonchev–Trinajstić information content (AvgIpc) is 2.20. The lowest BCUT2D eigenvalue weighted by molar-refractivity contribution is 0.578. The van der Waals surface area contributed by atoms with Gasteiger partial charge in [0.1, 0.15) is 4.90 Å². The van der Waals surface area contributed by atoms with Crippen molar-refractivity contribution < 1.29 is 8.42 Å². The molecule has 3 N–H and O–H groups in total. The van der Waals surface area contributed by atoms with Crippen LogP contribution >= 0.6 is 11.6 Å². The van der Waals surface area contributed by atoms with Gasteiger partial charge < -0.3 is 5.73 Å². The lowest BCUT2D eigenvalue weighted by Crippen LogP contribution is -2.31. The predicted octanol–water partition coefficient (Wildman–Crippen LogP) is 1.22. The molecule has 1 rings (SSSR count). The van der Waals surface area contributed by atoms with E-state index in [1.165, 1.54) is 18.2 Å². The van der Waals surface area contributed by atoms with Crippen molar-refractivity contribution in [1.82, 2.24) is 4.72 Å². The first-order valence-electron chi connectivity index (χ1n) is 4.40. The minimum Gasteiger partial charge on any atom is -0.399 e. The number of anilines is 1. The standard InChI is InChI=1S/C10H11ClN2O2S/c1-3-7(2)13-16(14,15)10-6-8(12)4-5-9(10)11/h1,4-7,13H,12H2,2H3. The van der Waals surface area contributed by atoms with Crippen LogP contribution in [0.3, 0.4) is 0 Å². The van der Waals surface area contributed by atoms with Crippen molar-refractivity contribution in [2.75, 3.05) is 5.73 Å². The fraction of sp³-hybridized carbons (Fsp3) is 0.200. The minimum absolute atomic E-state index is 0.0729. The van der Waals surface area contributed by atoms with Crippen molar-refractivity contribution in [2.45, 2.75) is 17.9 Å². The maximum atomic E-state index is 11.8. The molecule has 0 aromatic heterocycles. The van der Waals surface area contributed by atoms with Crippen LogP contribution in [-0.2, 0) is 10.0 Å². The number of benzene rings is 1. The van der Waals surface area contributed by atoms with E-state index in [0.29, 0.717) is 5.69 Å². The molecule has 1 aromatic carbocycles. The Morgan fingerprint density at radius 2 is 2.19 bits per heavy atom. The second-order valence-corrected chi connectivity index (χ2v) is 5.29. The number of rotatable bonds is 3. The molecule has 0 amide bonds. The zero-order valence-electron chi connectivity index (χ0n) is 8.57. The van der Waals surface area contributed by atoms with Gasteiger partial charge in [-0.25, -0.2) is 8.42 Å². The molecule has 0 radical (unpaired) electrons. The summed E-state index contributed by atoms with van der Waals surface area (Å²) in [4.78, 5) is -0.0729. The Kier molecular flexibility index (Phi) is 3.81. The lowest BCUT2D eigenvalue weighted by atomic mass is 10.3. The number of hydrogen-bond donors (Lipinski definition) is 2. The van der Waals surface area contributed by atoms with Gasteiger partial charge in [0.05, 0.1) is 11.1 Å². The molecule has 6 heteroatoms. The SMILES string of the molecule is C#CC(C)NS(=O)(=O)c1cc(N)ccc1Cl. The van der Waals surface area contributed by atoms with Gasteiger partial charge in [-0.05, 0) is 25.1 Å². The van der Waals surface area contributed by atoms with Gasteiger partial charge in [-0.3, -0.25) is 0 Å². The van der Waals surface area contributed by atoms with E-state index in [2.05, 4.69) is 10.6 Å². The molecule has 1 atom stereocenters. The molecule has 4 nitrogen and oxygen atoms in total. The number of terminal acetylenes is 1. The quantitative estimate of drug-likeness (QED) is 0.633. The van der Waals surface area contributed by atoms with Gasteiger partial charge in [0, 0.05) is 5.69 Å². The molecule has 0 fully saturated rings. The topological polar surface area (TPSA) is 72.2 Å². The molecule has 0 saturated heterocycles. The third kappa shape index (κ3) is 2.89. The van der Waals surface area contributed by atoms with E-state index < -0.39 is 16.1 Å². The number of sulfonamides is 1. The van der Waals surface area contributed by atoms with Gasteiger partial charge >= 0.3 is 0 Å². The molecule has 0 aliphatic heterocycles. The summed E-state index contributed by atoms with van der Waals surface area (Å²) in [5.74, 6) is 2.26. The Morgan fingerprint density at radius 3 is 2.75 bits per heavy atom. The Hall–Kier alpha value is -1.22. The fourth-order valence-corrected chi connectivity index (χ4v) is 2.75. The summed E-state index contributed by atoms with van der Waals surface area (Å²) in [6, 6.07) is 3.62. The van der Waals surface area contributed by atoms with Crippen molar-refractivity contribution in [1.29, 1.82) is 0 Å². The van der Waals surface area contributed by atoms with E-state index >= 15 is 0 Å². The number of nitrogen functional groups attached to an aromatic ring is 1. The molecule has 0 heterocycles. The van der Waals surface area contributed by atoms with Gasteiger partial charge in [0.15, 0.2) is 0 Å². The predicted molar refractivity (Wildman–Crippen MR) is 64.5 cm³/mol. The van der Waals surface area contributed by atoms with Crippen molar-refractivity contribution in [3.05, 3.63) is 23.2 Å². The Labute approximate surface area is 99.8 Å². The third-order valence-corrected chi connectivity index (χ3v) is 3.85. The number of halogens is 1. The largest absolute Gasteiger partial charge is 0.399 e. The molecule has 0 aliphatic carbocycles. The van der Waals surface area contributed by atoms with Gasteiger partial charge in [-0.1, -0.05) is 17.5 Å². The lowest BCUT2D eigenvalue weighted by Gasteiger charge is -2.10. The summed E-state index contributed by atoms with van der Waals surface area (Å²) in [6.07, 6.45) is 5.09. The second kappa shape index (κ2) is 4.74. The van der Waals surface area contributed by atoms with E-state index in [-0.39, 0.29) is 9.92 Å². The number of nitrogens with two attached hydrogens (primary N) is 1. The molecule has 16 heavy (non-hydrogen) atoms. The fourth-order valence-electron chi connectivity index (χ4n) is 1.06. The van der Waals surface area contributed by atoms with Crippen LogP contribution in [0.4, 0.5) is 5.69 Å². The van der Waals surface area contributed by atoms with Crippen LogP contribution in [0.25, 0.3) is 0 Å². The first kappa shape index (κ1) is 12.8. The van der Waals surface area contributed by atoms with Crippen molar-refractivity contribution in [3.8, 4) is 12.3 Å². The zero-order valence-corrected chi connectivity index (χ0v) is 10.1. The number of nitrogens with one attached hydrogen (secondary N) is 1. The number of hydrogen-bond acceptors (Lipinski definition) is 3. The van der Waals surface area contributed by atoms with Crippen LogP contribution in [0.5, 0.6) is 0 Å². The monoisotopic (exact) mass is 258 g/mol. The highest BCUT2D eigenvalue weighted by Crippen LogP contribution is 2.23. The van der Waals surface area contributed by atoms with Gasteiger partial charge in [0.25, 0.3) is 0 Å². The average molecular weight is 259 g/mol. The molecular formula is C10H11ClN2O2S. The molecule has 0 bridgehead atoms. The summed E-state index contributed by atoms with van der Waals surface area (Å²) in [5, 5.41) is 0.103. The first-order valence-corrected chi connectivity index (χ1v) is 6.26. The highest BCUT2D eigenvalue weighted by Gasteiger charge is 2.19. The smallest absolute Gasteiger partial charge is 0.243 e. The molecule has 0 spiro atoms. The summed E-state index contributed by atoms with van der Waals surface area (Å²) >= 11 is 5.78. The molecule has 1 unspecified atom stereocenters. The highest BCUT2D eigenvalue weighted by molar-refractivity contribution is 7.89. The van der Waals surface area contributed by atoms with Gasteiger partial charge in [-0.15, -0.1) is 6.42 Å². The summed E-state index contributed by atoms with van der Waals surface area (Å²) in [5.41, 5.74) is 5.81. The van der Waals surface area contributed by atoms with Crippen molar-refractivity contribution >= 4 is 27.3 Å². The van der Waals surface area contributed by atoms with Crippen LogP contribution in [0.1, 0.15) is 6.92 Å². The Bertz CT molecular complexity index is 534. The highest BCUT2D eigenvalue weighted by atomic mass is 35.5. The Morgan fingerprint density at radius 1 is 1.56 bits per heavy atom. The van der Waals surface area contributed by atoms with Crippen LogP contribution < -0.4 is 10.5 Å². The second-order valence-electron chi connectivity index (χ2n) is 3.20. The Balaban J connectivity index is 3.18. The van der Waals surface area contributed by atoms with E-state index in [1.807, 2.05) is 0 Å². The van der Waals surface area contributed by atoms with Gasteiger partial charge in [-0.2, -0.15) is 4.72 Å². The maximum Gasteiger partial charge on any atom is 0.243 e. The molecular weight excluding hydrogens is 248 g/mol.